The van der Waals surface area contributed by atoms with Crippen LogP contribution in [-0.4, -0.2) is 29.8 Å². The van der Waals surface area contributed by atoms with Gasteiger partial charge in [-0.05, 0) is 50.6 Å². The first kappa shape index (κ1) is 17.2. The predicted molar refractivity (Wildman–Crippen MR) is 84.7 cm³/mol. The molecule has 0 atom stereocenters. The first-order valence-electron chi connectivity index (χ1n) is 7.12. The molecule has 0 aliphatic carbocycles. The highest BCUT2D eigenvalue weighted by Gasteiger charge is 2.30. The van der Waals surface area contributed by atoms with Gasteiger partial charge in [-0.25, -0.2) is 13.2 Å². The van der Waals surface area contributed by atoms with E-state index in [2.05, 4.69) is 0 Å². The topological polar surface area (TPSA) is 87.8 Å². The number of rotatable bonds is 6. The number of furan rings is 1. The number of sulfonamides is 1. The molecule has 0 amide bonds. The van der Waals surface area contributed by atoms with Gasteiger partial charge in [0.1, 0.15) is 5.76 Å². The molecule has 1 N–H and O–H groups in total. The molecule has 23 heavy (non-hydrogen) atoms. The first-order chi connectivity index (χ1) is 10.7. The normalized spacial score (nSPS) is 12.0. The summed E-state index contributed by atoms with van der Waals surface area (Å²) < 4.78 is 32.5. The second kappa shape index (κ2) is 6.55. The quantitative estimate of drug-likeness (QED) is 0.875. The van der Waals surface area contributed by atoms with E-state index in [-0.39, 0.29) is 28.6 Å². The van der Waals surface area contributed by atoms with Crippen LogP contribution in [0.5, 0.6) is 0 Å². The fraction of sp³-hybridized carbons (Fsp3) is 0.312. The average molecular weight is 337 g/mol. The molecule has 1 aromatic heterocycles. The van der Waals surface area contributed by atoms with E-state index in [0.717, 1.165) is 0 Å². The van der Waals surface area contributed by atoms with Crippen LogP contribution >= 0.6 is 0 Å². The van der Waals surface area contributed by atoms with E-state index < -0.39 is 16.0 Å². The Hall–Kier alpha value is -2.12. The van der Waals surface area contributed by atoms with Crippen LogP contribution in [0.1, 0.15) is 35.5 Å². The number of carboxylic acid groups (broad SMARTS) is 1. The highest BCUT2D eigenvalue weighted by atomic mass is 32.2. The molecule has 0 unspecified atom stereocenters. The van der Waals surface area contributed by atoms with E-state index in [0.29, 0.717) is 5.76 Å². The number of benzene rings is 1. The molecule has 0 saturated heterocycles. The molecule has 0 aliphatic heterocycles. The number of hydrogen-bond donors (Lipinski definition) is 1. The van der Waals surface area contributed by atoms with Crippen molar-refractivity contribution in [1.29, 1.82) is 0 Å². The molecular weight excluding hydrogens is 318 g/mol. The number of carbonyl (C=O) groups is 1. The van der Waals surface area contributed by atoms with Gasteiger partial charge in [-0.15, -0.1) is 0 Å². The van der Waals surface area contributed by atoms with E-state index in [1.807, 2.05) is 0 Å². The van der Waals surface area contributed by atoms with Crippen molar-refractivity contribution < 1.29 is 22.7 Å². The largest absolute Gasteiger partial charge is 0.478 e. The molecule has 2 aromatic rings. The van der Waals surface area contributed by atoms with E-state index in [1.54, 1.807) is 26.0 Å². The number of carboxylic acids is 1. The van der Waals surface area contributed by atoms with Crippen molar-refractivity contribution in [1.82, 2.24) is 4.31 Å². The van der Waals surface area contributed by atoms with Crippen molar-refractivity contribution >= 4 is 16.0 Å². The van der Waals surface area contributed by atoms with E-state index in [4.69, 9.17) is 4.42 Å². The summed E-state index contributed by atoms with van der Waals surface area (Å²) in [5.41, 5.74) is 0.206. The summed E-state index contributed by atoms with van der Waals surface area (Å²) in [6.07, 6.45) is 1.48. The van der Waals surface area contributed by atoms with Crippen molar-refractivity contribution in [3.63, 3.8) is 0 Å². The first-order valence-corrected chi connectivity index (χ1v) is 8.56. The third kappa shape index (κ3) is 3.46. The predicted octanol–water partition coefficient (Wildman–Crippen LogP) is 2.89. The van der Waals surface area contributed by atoms with Crippen LogP contribution in [-0.2, 0) is 16.6 Å². The summed E-state index contributed by atoms with van der Waals surface area (Å²) in [6, 6.07) is 7.34. The zero-order valence-electron chi connectivity index (χ0n) is 13.2. The minimum Gasteiger partial charge on any atom is -0.478 e. The van der Waals surface area contributed by atoms with Gasteiger partial charge in [0.2, 0.25) is 10.0 Å². The SMILES string of the molecule is Cc1c(C(=O)O)cccc1S(=O)(=O)N(Cc1ccco1)C(C)C. The lowest BCUT2D eigenvalue weighted by molar-refractivity contribution is 0.0696. The fourth-order valence-electron chi connectivity index (χ4n) is 2.35. The lowest BCUT2D eigenvalue weighted by Gasteiger charge is -2.26. The van der Waals surface area contributed by atoms with Crippen LogP contribution in [0.25, 0.3) is 0 Å². The van der Waals surface area contributed by atoms with Gasteiger partial charge in [-0.3, -0.25) is 0 Å². The van der Waals surface area contributed by atoms with E-state index >= 15 is 0 Å². The summed E-state index contributed by atoms with van der Waals surface area (Å²) in [6.45, 7) is 5.11. The van der Waals surface area contributed by atoms with Crippen LogP contribution in [0.2, 0.25) is 0 Å². The van der Waals surface area contributed by atoms with Crippen LogP contribution in [0.15, 0.2) is 45.9 Å². The number of nitrogens with zero attached hydrogens (tertiary/aromatic N) is 1. The van der Waals surface area contributed by atoms with Gasteiger partial charge in [0, 0.05) is 6.04 Å². The summed E-state index contributed by atoms with van der Waals surface area (Å²) in [4.78, 5) is 11.2. The van der Waals surface area contributed by atoms with Gasteiger partial charge >= 0.3 is 5.97 Å². The Bertz CT molecular complexity index is 794. The maximum absolute atomic E-state index is 13.0. The van der Waals surface area contributed by atoms with Crippen molar-refractivity contribution in [3.05, 3.63) is 53.5 Å². The molecule has 0 radical (unpaired) electrons. The molecule has 2 rings (SSSR count). The van der Waals surface area contributed by atoms with Gasteiger partial charge in [0.25, 0.3) is 0 Å². The molecule has 7 heteroatoms. The van der Waals surface area contributed by atoms with E-state index in [1.165, 1.54) is 35.7 Å². The zero-order valence-corrected chi connectivity index (χ0v) is 14.0. The maximum atomic E-state index is 13.0. The molecule has 0 bridgehead atoms. The fourth-order valence-corrected chi connectivity index (χ4v) is 4.21. The standard InChI is InChI=1S/C16H19NO5S/c1-11(2)17(10-13-6-5-9-22-13)23(20,21)15-8-4-7-14(12(15)3)16(18)19/h4-9,11H,10H2,1-3H3,(H,18,19). The molecule has 1 heterocycles. The molecule has 0 aliphatic rings. The zero-order chi connectivity index (χ0) is 17.2. The van der Waals surface area contributed by atoms with Gasteiger partial charge in [-0.2, -0.15) is 4.31 Å². The van der Waals surface area contributed by atoms with Crippen molar-refractivity contribution in [2.24, 2.45) is 0 Å². The maximum Gasteiger partial charge on any atom is 0.335 e. The second-order valence-electron chi connectivity index (χ2n) is 5.46. The highest BCUT2D eigenvalue weighted by molar-refractivity contribution is 7.89. The molecule has 0 saturated carbocycles. The monoisotopic (exact) mass is 337 g/mol. The summed E-state index contributed by atoms with van der Waals surface area (Å²) in [7, 11) is -3.85. The van der Waals surface area contributed by atoms with Crippen molar-refractivity contribution in [2.75, 3.05) is 0 Å². The lowest BCUT2D eigenvalue weighted by atomic mass is 10.1. The van der Waals surface area contributed by atoms with Gasteiger partial charge < -0.3 is 9.52 Å². The van der Waals surface area contributed by atoms with Crippen molar-refractivity contribution in [2.45, 2.75) is 38.3 Å². The Morgan fingerprint density at radius 3 is 2.48 bits per heavy atom. The Labute approximate surface area is 135 Å². The van der Waals surface area contributed by atoms with Gasteiger partial charge in [0.05, 0.1) is 23.3 Å². The Balaban J connectivity index is 2.50. The molecule has 0 spiro atoms. The molecule has 1 aromatic carbocycles. The molecular formula is C16H19NO5S. The molecule has 124 valence electrons. The Kier molecular flexibility index (Phi) is 4.91. The Morgan fingerprint density at radius 2 is 1.96 bits per heavy atom. The summed E-state index contributed by atoms with van der Waals surface area (Å²) in [5.74, 6) is -0.629. The van der Waals surface area contributed by atoms with E-state index in [9.17, 15) is 18.3 Å². The lowest BCUT2D eigenvalue weighted by Crippen LogP contribution is -2.36. The molecule has 0 fully saturated rings. The smallest absolute Gasteiger partial charge is 0.335 e. The summed E-state index contributed by atoms with van der Waals surface area (Å²) >= 11 is 0. The van der Waals surface area contributed by atoms with Crippen LogP contribution in [0, 0.1) is 6.92 Å². The van der Waals surface area contributed by atoms with Crippen LogP contribution in [0.4, 0.5) is 0 Å². The third-order valence-electron chi connectivity index (χ3n) is 3.57. The number of hydrogen-bond acceptors (Lipinski definition) is 4. The third-order valence-corrected chi connectivity index (χ3v) is 5.74. The highest BCUT2D eigenvalue weighted by Crippen LogP contribution is 2.26. The van der Waals surface area contributed by atoms with Gasteiger partial charge in [-0.1, -0.05) is 6.07 Å². The average Bonchev–Trinajstić information content (AvgIpc) is 2.97. The minimum atomic E-state index is -3.85. The minimum absolute atomic E-state index is 0.00217. The number of aromatic carboxylic acids is 1. The van der Waals surface area contributed by atoms with Crippen LogP contribution < -0.4 is 0 Å². The second-order valence-corrected chi connectivity index (χ2v) is 7.32. The summed E-state index contributed by atoms with van der Waals surface area (Å²) in [5, 5.41) is 9.19. The molecule has 6 nitrogen and oxygen atoms in total. The van der Waals surface area contributed by atoms with Crippen molar-refractivity contribution in [3.8, 4) is 0 Å². The Morgan fingerprint density at radius 1 is 1.26 bits per heavy atom. The van der Waals surface area contributed by atoms with Gasteiger partial charge in [0.15, 0.2) is 0 Å². The van der Waals surface area contributed by atoms with Crippen LogP contribution in [0.3, 0.4) is 0 Å².